The van der Waals surface area contributed by atoms with Crippen LogP contribution in [0.2, 0.25) is 0 Å². The van der Waals surface area contributed by atoms with E-state index in [0.717, 1.165) is 0 Å². The maximum absolute atomic E-state index is 12.0. The standard InChI is InChI=1S/C10H19NO6S2/c1-7(2)9(10(12)13)11-19(16,17)8-3-5-18(14,15)6-4-8/h7-9,11H,3-6H2,1-2H3,(H,12,13)/t9-/m1/s1. The number of hydrogen-bond donors (Lipinski definition) is 2. The molecule has 1 atom stereocenters. The first-order chi connectivity index (χ1) is 8.55. The van der Waals surface area contributed by atoms with Crippen LogP contribution < -0.4 is 4.72 Å². The van der Waals surface area contributed by atoms with Crippen molar-refractivity contribution in [3.63, 3.8) is 0 Å². The summed E-state index contributed by atoms with van der Waals surface area (Å²) in [4.78, 5) is 11.0. The number of nitrogens with one attached hydrogen (secondary N) is 1. The van der Waals surface area contributed by atoms with Gasteiger partial charge < -0.3 is 5.11 Å². The molecule has 112 valence electrons. The van der Waals surface area contributed by atoms with Crippen molar-refractivity contribution in [3.05, 3.63) is 0 Å². The molecule has 19 heavy (non-hydrogen) atoms. The average Bonchev–Trinajstić information content (AvgIpc) is 2.24. The first-order valence-corrected chi connectivity index (χ1v) is 9.36. The average molecular weight is 313 g/mol. The first-order valence-electron chi connectivity index (χ1n) is 5.99. The molecule has 1 saturated heterocycles. The van der Waals surface area contributed by atoms with Crippen molar-refractivity contribution in [1.29, 1.82) is 0 Å². The number of carboxylic acid groups (broad SMARTS) is 1. The van der Waals surface area contributed by atoms with Crippen molar-refractivity contribution < 1.29 is 26.7 Å². The molecule has 0 bridgehead atoms. The van der Waals surface area contributed by atoms with Crippen molar-refractivity contribution >= 4 is 25.8 Å². The Labute approximate surface area is 113 Å². The Morgan fingerprint density at radius 3 is 2.11 bits per heavy atom. The lowest BCUT2D eigenvalue weighted by Gasteiger charge is -2.25. The summed E-state index contributed by atoms with van der Waals surface area (Å²) in [6.45, 7) is 3.21. The minimum Gasteiger partial charge on any atom is -0.480 e. The van der Waals surface area contributed by atoms with Crippen molar-refractivity contribution in [2.75, 3.05) is 11.5 Å². The van der Waals surface area contributed by atoms with E-state index in [0.29, 0.717) is 0 Å². The summed E-state index contributed by atoms with van der Waals surface area (Å²) >= 11 is 0. The van der Waals surface area contributed by atoms with Gasteiger partial charge in [-0.15, -0.1) is 0 Å². The van der Waals surface area contributed by atoms with Crippen LogP contribution >= 0.6 is 0 Å². The van der Waals surface area contributed by atoms with E-state index in [1.54, 1.807) is 13.8 Å². The molecule has 1 fully saturated rings. The largest absolute Gasteiger partial charge is 0.480 e. The predicted molar refractivity (Wildman–Crippen MR) is 70.0 cm³/mol. The lowest BCUT2D eigenvalue weighted by Crippen LogP contribution is -2.49. The van der Waals surface area contributed by atoms with Gasteiger partial charge in [-0.05, 0) is 18.8 Å². The van der Waals surface area contributed by atoms with E-state index in [2.05, 4.69) is 4.72 Å². The third-order valence-corrected chi connectivity index (χ3v) is 6.81. The smallest absolute Gasteiger partial charge is 0.321 e. The van der Waals surface area contributed by atoms with E-state index < -0.39 is 37.1 Å². The second-order valence-electron chi connectivity index (χ2n) is 5.07. The number of carboxylic acids is 1. The molecule has 0 aromatic rings. The molecule has 0 amide bonds. The van der Waals surface area contributed by atoms with Crippen LogP contribution in [0.25, 0.3) is 0 Å². The van der Waals surface area contributed by atoms with Crippen molar-refractivity contribution in [2.24, 2.45) is 5.92 Å². The summed E-state index contributed by atoms with van der Waals surface area (Å²) < 4.78 is 48.8. The normalized spacial score (nSPS) is 22.3. The van der Waals surface area contributed by atoms with Gasteiger partial charge in [-0.2, -0.15) is 0 Å². The molecule has 0 aromatic heterocycles. The second-order valence-corrected chi connectivity index (χ2v) is 9.37. The molecule has 0 aromatic carbocycles. The highest BCUT2D eigenvalue weighted by atomic mass is 32.2. The van der Waals surface area contributed by atoms with Crippen LogP contribution in [-0.4, -0.2) is 50.7 Å². The Kier molecular flexibility index (Phi) is 4.97. The minimum absolute atomic E-state index is 0.0160. The third kappa shape index (κ3) is 4.43. The molecule has 0 radical (unpaired) electrons. The number of rotatable bonds is 5. The minimum atomic E-state index is -3.82. The molecule has 1 aliphatic heterocycles. The molecule has 0 unspecified atom stereocenters. The Hall–Kier alpha value is -0.670. The van der Waals surface area contributed by atoms with Crippen molar-refractivity contribution in [1.82, 2.24) is 4.72 Å². The molecule has 1 aliphatic rings. The highest BCUT2D eigenvalue weighted by Crippen LogP contribution is 2.19. The van der Waals surface area contributed by atoms with Gasteiger partial charge >= 0.3 is 5.97 Å². The topological polar surface area (TPSA) is 118 Å². The highest BCUT2D eigenvalue weighted by molar-refractivity contribution is 7.92. The SMILES string of the molecule is CC(C)[C@@H](NS(=O)(=O)C1CCS(=O)(=O)CC1)C(=O)O. The maximum Gasteiger partial charge on any atom is 0.321 e. The van der Waals surface area contributed by atoms with Crippen LogP contribution in [0.4, 0.5) is 0 Å². The van der Waals surface area contributed by atoms with Crippen LogP contribution in [-0.2, 0) is 24.7 Å². The molecule has 7 nitrogen and oxygen atoms in total. The van der Waals surface area contributed by atoms with Gasteiger partial charge in [0.1, 0.15) is 15.9 Å². The molecule has 0 saturated carbocycles. The number of sulfone groups is 1. The van der Waals surface area contributed by atoms with Crippen LogP contribution in [0.5, 0.6) is 0 Å². The Bertz CT molecular complexity index is 522. The fraction of sp³-hybridized carbons (Fsp3) is 0.900. The summed E-state index contributed by atoms with van der Waals surface area (Å²) in [5.74, 6) is -1.96. The zero-order valence-electron chi connectivity index (χ0n) is 10.9. The van der Waals surface area contributed by atoms with Crippen molar-refractivity contribution in [2.45, 2.75) is 38.0 Å². The summed E-state index contributed by atoms with van der Waals surface area (Å²) in [5, 5.41) is 8.13. The van der Waals surface area contributed by atoms with Gasteiger partial charge in [0.05, 0.1) is 16.8 Å². The predicted octanol–water partition coefficient (Wildman–Crippen LogP) is -0.408. The van der Waals surface area contributed by atoms with Crippen LogP contribution in [0.15, 0.2) is 0 Å². The Morgan fingerprint density at radius 2 is 1.74 bits per heavy atom. The molecular formula is C10H19NO6S2. The quantitative estimate of drug-likeness (QED) is 0.712. The fourth-order valence-electron chi connectivity index (χ4n) is 1.92. The monoisotopic (exact) mass is 313 g/mol. The Balaban J connectivity index is 2.79. The third-order valence-electron chi connectivity index (χ3n) is 3.16. The fourth-order valence-corrected chi connectivity index (χ4v) is 5.49. The number of hydrogen-bond acceptors (Lipinski definition) is 5. The molecule has 1 heterocycles. The van der Waals surface area contributed by atoms with E-state index in [1.807, 2.05) is 0 Å². The molecular weight excluding hydrogens is 294 g/mol. The molecule has 1 rings (SSSR count). The Morgan fingerprint density at radius 1 is 1.26 bits per heavy atom. The van der Waals surface area contributed by atoms with Gasteiger partial charge in [0.2, 0.25) is 10.0 Å². The number of sulfonamides is 1. The van der Waals surface area contributed by atoms with Gasteiger partial charge in [0, 0.05) is 0 Å². The number of aliphatic carboxylic acids is 1. The van der Waals surface area contributed by atoms with E-state index in [4.69, 9.17) is 5.11 Å². The van der Waals surface area contributed by atoms with Gasteiger partial charge in [-0.25, -0.2) is 21.6 Å². The van der Waals surface area contributed by atoms with E-state index in [9.17, 15) is 21.6 Å². The summed E-state index contributed by atoms with van der Waals surface area (Å²) in [6, 6.07) is -1.19. The van der Waals surface area contributed by atoms with Gasteiger partial charge in [0.25, 0.3) is 0 Å². The molecule has 0 spiro atoms. The first kappa shape index (κ1) is 16.4. The van der Waals surface area contributed by atoms with Crippen LogP contribution in [0.3, 0.4) is 0 Å². The zero-order valence-corrected chi connectivity index (χ0v) is 12.5. The number of carbonyl (C=O) groups is 1. The van der Waals surface area contributed by atoms with E-state index in [1.165, 1.54) is 0 Å². The van der Waals surface area contributed by atoms with Gasteiger partial charge in [-0.3, -0.25) is 4.79 Å². The van der Waals surface area contributed by atoms with Gasteiger partial charge in [0.15, 0.2) is 0 Å². The highest BCUT2D eigenvalue weighted by Gasteiger charge is 2.36. The molecule has 0 aliphatic carbocycles. The maximum atomic E-state index is 12.0. The summed E-state index contributed by atoms with van der Waals surface area (Å²) in [5.41, 5.74) is 0. The summed E-state index contributed by atoms with van der Waals surface area (Å²) in [6.07, 6.45) is 0.0319. The second kappa shape index (κ2) is 5.76. The van der Waals surface area contributed by atoms with E-state index in [-0.39, 0.29) is 30.3 Å². The molecule has 2 N–H and O–H groups in total. The van der Waals surface area contributed by atoms with Crippen molar-refractivity contribution in [3.8, 4) is 0 Å². The summed E-state index contributed by atoms with van der Waals surface area (Å²) in [7, 11) is -6.96. The zero-order chi connectivity index (χ0) is 14.8. The van der Waals surface area contributed by atoms with Gasteiger partial charge in [-0.1, -0.05) is 13.8 Å². The van der Waals surface area contributed by atoms with E-state index >= 15 is 0 Å². The molecule has 9 heteroatoms. The van der Waals surface area contributed by atoms with Crippen LogP contribution in [0.1, 0.15) is 26.7 Å². The lowest BCUT2D eigenvalue weighted by molar-refractivity contribution is -0.140. The lowest BCUT2D eigenvalue weighted by atomic mass is 10.1. The van der Waals surface area contributed by atoms with Crippen LogP contribution in [0, 0.1) is 5.92 Å².